The Balaban J connectivity index is 2.15. The molecule has 6 nitrogen and oxygen atoms in total. The molecule has 1 saturated carbocycles. The van der Waals surface area contributed by atoms with Crippen molar-refractivity contribution < 1.29 is 19.1 Å². The number of carboxylic acids is 1. The van der Waals surface area contributed by atoms with Crippen LogP contribution < -0.4 is 0 Å². The van der Waals surface area contributed by atoms with Crippen LogP contribution in [-0.2, 0) is 4.79 Å². The average Bonchev–Trinajstić information content (AvgIpc) is 3.01. The normalized spacial score (nSPS) is 14.6. The van der Waals surface area contributed by atoms with Gasteiger partial charge in [0.05, 0.1) is 5.69 Å². The summed E-state index contributed by atoms with van der Waals surface area (Å²) in [5.74, 6) is -0.412. The number of hydrogen-bond acceptors (Lipinski definition) is 4. The Morgan fingerprint density at radius 2 is 2.11 bits per heavy atom. The van der Waals surface area contributed by atoms with Crippen molar-refractivity contribution >= 4 is 11.9 Å². The molecule has 0 aliphatic heterocycles. The van der Waals surface area contributed by atoms with Gasteiger partial charge in [0.25, 0.3) is 5.91 Å². The first-order valence-corrected chi connectivity index (χ1v) is 5.92. The second-order valence-electron chi connectivity index (χ2n) is 4.67. The highest BCUT2D eigenvalue weighted by Crippen LogP contribution is 2.30. The van der Waals surface area contributed by atoms with E-state index in [0.29, 0.717) is 24.0 Å². The van der Waals surface area contributed by atoms with Gasteiger partial charge < -0.3 is 14.4 Å². The lowest BCUT2D eigenvalue weighted by molar-refractivity contribution is -0.137. The summed E-state index contributed by atoms with van der Waals surface area (Å²) in [6, 6.07) is 0. The summed E-state index contributed by atoms with van der Waals surface area (Å²) in [5, 5.41) is 8.85. The summed E-state index contributed by atoms with van der Waals surface area (Å²) in [6.07, 6.45) is 2.11. The van der Waals surface area contributed by atoms with Gasteiger partial charge in [0.2, 0.25) is 5.76 Å². The SMILES string of the molecule is Cc1nc(C)c(C(=O)N(CC(=O)O)CC2CC2)o1. The first kappa shape index (κ1) is 12.6. The Morgan fingerprint density at radius 3 is 2.56 bits per heavy atom. The third-order valence-corrected chi connectivity index (χ3v) is 2.89. The lowest BCUT2D eigenvalue weighted by Gasteiger charge is -2.19. The fourth-order valence-electron chi connectivity index (χ4n) is 1.87. The molecule has 1 aromatic rings. The van der Waals surface area contributed by atoms with Crippen molar-refractivity contribution in [2.75, 3.05) is 13.1 Å². The molecule has 0 spiro atoms. The quantitative estimate of drug-likeness (QED) is 0.852. The zero-order valence-electron chi connectivity index (χ0n) is 10.5. The molecular formula is C12H16N2O4. The first-order chi connectivity index (χ1) is 8.47. The summed E-state index contributed by atoms with van der Waals surface area (Å²) in [4.78, 5) is 28.4. The third-order valence-electron chi connectivity index (χ3n) is 2.89. The molecule has 18 heavy (non-hydrogen) atoms. The van der Waals surface area contributed by atoms with Crippen molar-refractivity contribution in [1.82, 2.24) is 9.88 Å². The Hall–Kier alpha value is -1.85. The van der Waals surface area contributed by atoms with Gasteiger partial charge in [-0.2, -0.15) is 0 Å². The van der Waals surface area contributed by atoms with Gasteiger partial charge in [-0.15, -0.1) is 0 Å². The van der Waals surface area contributed by atoms with Crippen LogP contribution in [0, 0.1) is 19.8 Å². The highest BCUT2D eigenvalue weighted by Gasteiger charge is 2.30. The van der Waals surface area contributed by atoms with Crippen LogP contribution in [0.5, 0.6) is 0 Å². The largest absolute Gasteiger partial charge is 0.480 e. The second kappa shape index (κ2) is 4.80. The molecule has 6 heteroatoms. The molecule has 0 bridgehead atoms. The fraction of sp³-hybridized carbons (Fsp3) is 0.583. The number of amides is 1. The van der Waals surface area contributed by atoms with E-state index in [-0.39, 0.29) is 18.2 Å². The zero-order chi connectivity index (χ0) is 13.3. The summed E-state index contributed by atoms with van der Waals surface area (Å²) in [7, 11) is 0. The van der Waals surface area contributed by atoms with Gasteiger partial charge in [0.15, 0.2) is 5.89 Å². The molecule has 0 atom stereocenters. The number of carboxylic acid groups (broad SMARTS) is 1. The Morgan fingerprint density at radius 1 is 1.44 bits per heavy atom. The minimum atomic E-state index is -1.02. The number of aryl methyl sites for hydroxylation is 2. The molecule has 0 aromatic carbocycles. The van der Waals surface area contributed by atoms with Crippen molar-refractivity contribution in [3.8, 4) is 0 Å². The van der Waals surface area contributed by atoms with E-state index < -0.39 is 5.97 Å². The predicted molar refractivity (Wildman–Crippen MR) is 62.2 cm³/mol. The summed E-state index contributed by atoms with van der Waals surface area (Å²) in [5.41, 5.74) is 0.503. The number of nitrogens with zero attached hydrogens (tertiary/aromatic N) is 2. The van der Waals surface area contributed by atoms with Crippen LogP contribution >= 0.6 is 0 Å². The van der Waals surface area contributed by atoms with Gasteiger partial charge in [-0.3, -0.25) is 9.59 Å². The lowest BCUT2D eigenvalue weighted by Crippen LogP contribution is -2.37. The number of carbonyl (C=O) groups is 2. The maximum absolute atomic E-state index is 12.2. The van der Waals surface area contributed by atoms with E-state index in [1.807, 2.05) is 0 Å². The van der Waals surface area contributed by atoms with Crippen molar-refractivity contribution in [1.29, 1.82) is 0 Å². The van der Waals surface area contributed by atoms with Gasteiger partial charge in [-0.05, 0) is 25.7 Å². The van der Waals surface area contributed by atoms with Gasteiger partial charge in [0, 0.05) is 13.5 Å². The van der Waals surface area contributed by atoms with E-state index in [1.165, 1.54) is 4.90 Å². The fourth-order valence-corrected chi connectivity index (χ4v) is 1.87. The summed E-state index contributed by atoms with van der Waals surface area (Å²) in [6.45, 7) is 3.52. The maximum atomic E-state index is 12.2. The van der Waals surface area contributed by atoms with Gasteiger partial charge in [0.1, 0.15) is 6.54 Å². The van der Waals surface area contributed by atoms with E-state index in [9.17, 15) is 9.59 Å². The lowest BCUT2D eigenvalue weighted by atomic mass is 10.3. The van der Waals surface area contributed by atoms with Crippen LogP contribution in [0.3, 0.4) is 0 Å². The zero-order valence-corrected chi connectivity index (χ0v) is 10.5. The standard InChI is InChI=1S/C12H16N2O4/c1-7-11(18-8(2)13-7)12(17)14(6-10(15)16)5-9-3-4-9/h9H,3-6H2,1-2H3,(H,15,16). The van der Waals surface area contributed by atoms with Crippen molar-refractivity contribution in [3.05, 3.63) is 17.3 Å². The van der Waals surface area contributed by atoms with Crippen molar-refractivity contribution in [2.45, 2.75) is 26.7 Å². The van der Waals surface area contributed by atoms with Crippen LogP contribution in [0.1, 0.15) is 35.0 Å². The molecule has 0 radical (unpaired) electrons. The van der Waals surface area contributed by atoms with Gasteiger partial charge >= 0.3 is 5.97 Å². The average molecular weight is 252 g/mol. The number of hydrogen-bond donors (Lipinski definition) is 1. The molecule has 98 valence electrons. The number of oxazole rings is 1. The minimum Gasteiger partial charge on any atom is -0.480 e. The summed E-state index contributed by atoms with van der Waals surface area (Å²) < 4.78 is 5.25. The predicted octanol–water partition coefficient (Wildman–Crippen LogP) is 1.23. The smallest absolute Gasteiger partial charge is 0.323 e. The van der Waals surface area contributed by atoms with E-state index in [2.05, 4.69) is 4.98 Å². The van der Waals surface area contributed by atoms with E-state index in [1.54, 1.807) is 13.8 Å². The van der Waals surface area contributed by atoms with Crippen LogP contribution in [0.15, 0.2) is 4.42 Å². The number of carbonyl (C=O) groups excluding carboxylic acids is 1. The highest BCUT2D eigenvalue weighted by molar-refractivity contribution is 5.94. The Kier molecular flexibility index (Phi) is 3.36. The third kappa shape index (κ3) is 2.88. The molecular weight excluding hydrogens is 236 g/mol. The number of rotatable bonds is 5. The van der Waals surface area contributed by atoms with E-state index in [4.69, 9.17) is 9.52 Å². The molecule has 1 N–H and O–H groups in total. The van der Waals surface area contributed by atoms with Crippen LogP contribution in [-0.4, -0.2) is 40.0 Å². The monoisotopic (exact) mass is 252 g/mol. The minimum absolute atomic E-state index is 0.148. The van der Waals surface area contributed by atoms with E-state index >= 15 is 0 Å². The molecule has 1 heterocycles. The summed E-state index contributed by atoms with van der Waals surface area (Å²) >= 11 is 0. The Labute approximate surface area is 105 Å². The van der Waals surface area contributed by atoms with Crippen molar-refractivity contribution in [2.24, 2.45) is 5.92 Å². The maximum Gasteiger partial charge on any atom is 0.323 e. The highest BCUT2D eigenvalue weighted by atomic mass is 16.4. The van der Waals surface area contributed by atoms with Gasteiger partial charge in [-0.1, -0.05) is 0 Å². The topological polar surface area (TPSA) is 83.6 Å². The van der Waals surface area contributed by atoms with Crippen LogP contribution in [0.2, 0.25) is 0 Å². The molecule has 2 rings (SSSR count). The number of aliphatic carboxylic acids is 1. The van der Waals surface area contributed by atoms with Gasteiger partial charge in [-0.25, -0.2) is 4.98 Å². The first-order valence-electron chi connectivity index (χ1n) is 5.92. The molecule has 1 aliphatic rings. The van der Waals surface area contributed by atoms with E-state index in [0.717, 1.165) is 12.8 Å². The molecule has 0 saturated heterocycles. The molecule has 1 amide bonds. The Bertz CT molecular complexity index is 476. The van der Waals surface area contributed by atoms with Crippen LogP contribution in [0.25, 0.3) is 0 Å². The molecule has 0 unspecified atom stereocenters. The van der Waals surface area contributed by atoms with Crippen molar-refractivity contribution in [3.63, 3.8) is 0 Å². The molecule has 1 fully saturated rings. The van der Waals surface area contributed by atoms with Crippen LogP contribution in [0.4, 0.5) is 0 Å². The molecule has 1 aliphatic carbocycles. The number of aromatic nitrogens is 1. The second-order valence-corrected chi connectivity index (χ2v) is 4.67. The molecule has 1 aromatic heterocycles.